The van der Waals surface area contributed by atoms with Crippen molar-refractivity contribution in [1.29, 1.82) is 0 Å². The van der Waals surface area contributed by atoms with Crippen molar-refractivity contribution < 1.29 is 4.79 Å². The first-order chi connectivity index (χ1) is 7.77. The first-order valence-electron chi connectivity index (χ1n) is 6.81. The third kappa shape index (κ3) is 2.97. The third-order valence-electron chi connectivity index (χ3n) is 4.10. The molecule has 1 saturated heterocycles. The van der Waals surface area contributed by atoms with Gasteiger partial charge in [0.1, 0.15) is 0 Å². The van der Waals surface area contributed by atoms with Crippen LogP contribution < -0.4 is 10.6 Å². The third-order valence-corrected chi connectivity index (χ3v) is 4.10. The predicted octanol–water partition coefficient (Wildman–Crippen LogP) is 1.82. The van der Waals surface area contributed by atoms with Crippen LogP contribution in [0.4, 0.5) is 0 Å². The van der Waals surface area contributed by atoms with Gasteiger partial charge in [-0.1, -0.05) is 19.3 Å². The molecule has 2 fully saturated rings. The molecule has 0 aromatic carbocycles. The zero-order valence-electron chi connectivity index (χ0n) is 10.3. The normalized spacial score (nSPS) is 28.9. The Hall–Kier alpha value is -0.570. The van der Waals surface area contributed by atoms with E-state index in [0.29, 0.717) is 12.0 Å². The molecule has 0 bridgehead atoms. The standard InChI is InChI=1S/C13H24N2O/c1-10(11-6-2-3-7-11)15-13(16)12-8-4-5-9-14-12/h10-12,14H,2-9H2,1H3,(H,15,16). The highest BCUT2D eigenvalue weighted by Gasteiger charge is 2.26. The maximum Gasteiger partial charge on any atom is 0.237 e. The molecule has 1 aliphatic carbocycles. The lowest BCUT2D eigenvalue weighted by molar-refractivity contribution is -0.124. The van der Waals surface area contributed by atoms with Gasteiger partial charge in [-0.2, -0.15) is 0 Å². The second-order valence-corrected chi connectivity index (χ2v) is 5.34. The number of hydrogen-bond donors (Lipinski definition) is 2. The number of piperidine rings is 1. The minimum atomic E-state index is 0.0672. The first-order valence-corrected chi connectivity index (χ1v) is 6.81. The summed E-state index contributed by atoms with van der Waals surface area (Å²) in [7, 11) is 0. The van der Waals surface area contributed by atoms with Gasteiger partial charge in [0.05, 0.1) is 6.04 Å². The van der Waals surface area contributed by atoms with Crippen molar-refractivity contribution in [1.82, 2.24) is 10.6 Å². The zero-order chi connectivity index (χ0) is 11.4. The molecule has 0 aromatic heterocycles. The monoisotopic (exact) mass is 224 g/mol. The fourth-order valence-corrected chi connectivity index (χ4v) is 2.98. The molecular formula is C13H24N2O. The van der Waals surface area contributed by atoms with Crippen LogP contribution in [0.3, 0.4) is 0 Å². The van der Waals surface area contributed by atoms with E-state index in [1.807, 2.05) is 0 Å². The van der Waals surface area contributed by atoms with Gasteiger partial charge in [-0.05, 0) is 45.1 Å². The van der Waals surface area contributed by atoms with E-state index in [4.69, 9.17) is 0 Å². The van der Waals surface area contributed by atoms with Crippen LogP contribution >= 0.6 is 0 Å². The Balaban J connectivity index is 1.76. The summed E-state index contributed by atoms with van der Waals surface area (Å²) in [6.07, 6.45) is 8.66. The fourth-order valence-electron chi connectivity index (χ4n) is 2.98. The van der Waals surface area contributed by atoms with Crippen molar-refractivity contribution in [2.45, 2.75) is 64.0 Å². The van der Waals surface area contributed by atoms with Crippen molar-refractivity contribution in [3.8, 4) is 0 Å². The van der Waals surface area contributed by atoms with E-state index < -0.39 is 0 Å². The van der Waals surface area contributed by atoms with Crippen LogP contribution in [0.15, 0.2) is 0 Å². The molecule has 92 valence electrons. The van der Waals surface area contributed by atoms with Gasteiger partial charge in [0.15, 0.2) is 0 Å². The fraction of sp³-hybridized carbons (Fsp3) is 0.923. The lowest BCUT2D eigenvalue weighted by Crippen LogP contribution is -2.50. The molecule has 2 aliphatic rings. The maximum atomic E-state index is 12.0. The Kier molecular flexibility index (Phi) is 4.22. The summed E-state index contributed by atoms with van der Waals surface area (Å²) in [4.78, 5) is 12.0. The van der Waals surface area contributed by atoms with E-state index in [1.54, 1.807) is 0 Å². The summed E-state index contributed by atoms with van der Waals surface area (Å²) in [5.74, 6) is 0.937. The number of carbonyl (C=O) groups excluding carboxylic acids is 1. The number of nitrogens with one attached hydrogen (secondary N) is 2. The van der Waals surface area contributed by atoms with Gasteiger partial charge in [-0.15, -0.1) is 0 Å². The van der Waals surface area contributed by atoms with E-state index in [0.717, 1.165) is 13.0 Å². The predicted molar refractivity (Wildman–Crippen MR) is 65.2 cm³/mol. The summed E-state index contributed by atoms with van der Waals surface area (Å²) < 4.78 is 0. The van der Waals surface area contributed by atoms with E-state index in [1.165, 1.54) is 38.5 Å². The van der Waals surface area contributed by atoms with Crippen LogP contribution in [0.25, 0.3) is 0 Å². The van der Waals surface area contributed by atoms with Crippen molar-refractivity contribution in [3.05, 3.63) is 0 Å². The Morgan fingerprint density at radius 3 is 2.50 bits per heavy atom. The Morgan fingerprint density at radius 2 is 1.88 bits per heavy atom. The van der Waals surface area contributed by atoms with Gasteiger partial charge in [-0.25, -0.2) is 0 Å². The molecular weight excluding hydrogens is 200 g/mol. The highest BCUT2D eigenvalue weighted by molar-refractivity contribution is 5.82. The number of carbonyl (C=O) groups is 1. The molecule has 0 radical (unpaired) electrons. The molecule has 1 aliphatic heterocycles. The van der Waals surface area contributed by atoms with Crippen molar-refractivity contribution in [2.24, 2.45) is 5.92 Å². The molecule has 2 rings (SSSR count). The lowest BCUT2D eigenvalue weighted by Gasteiger charge is -2.26. The molecule has 1 heterocycles. The van der Waals surface area contributed by atoms with Gasteiger partial charge in [-0.3, -0.25) is 4.79 Å². The van der Waals surface area contributed by atoms with Crippen LogP contribution in [-0.4, -0.2) is 24.5 Å². The molecule has 3 nitrogen and oxygen atoms in total. The van der Waals surface area contributed by atoms with E-state index in [-0.39, 0.29) is 11.9 Å². The van der Waals surface area contributed by atoms with Crippen LogP contribution in [0.1, 0.15) is 51.9 Å². The quantitative estimate of drug-likeness (QED) is 0.768. The van der Waals surface area contributed by atoms with Crippen LogP contribution in [-0.2, 0) is 4.79 Å². The second kappa shape index (κ2) is 5.67. The second-order valence-electron chi connectivity index (χ2n) is 5.34. The van der Waals surface area contributed by atoms with Crippen molar-refractivity contribution in [2.75, 3.05) is 6.54 Å². The SMILES string of the molecule is CC(NC(=O)C1CCCCN1)C1CCCC1. The summed E-state index contributed by atoms with van der Waals surface area (Å²) >= 11 is 0. The Bertz CT molecular complexity index is 230. The molecule has 2 unspecified atom stereocenters. The lowest BCUT2D eigenvalue weighted by atomic mass is 9.98. The molecule has 0 aromatic rings. The molecule has 3 heteroatoms. The molecule has 0 spiro atoms. The van der Waals surface area contributed by atoms with Gasteiger partial charge >= 0.3 is 0 Å². The Morgan fingerprint density at radius 1 is 1.19 bits per heavy atom. The molecule has 16 heavy (non-hydrogen) atoms. The summed E-state index contributed by atoms with van der Waals surface area (Å²) in [5.41, 5.74) is 0. The molecule has 1 saturated carbocycles. The van der Waals surface area contributed by atoms with Crippen molar-refractivity contribution >= 4 is 5.91 Å². The highest BCUT2D eigenvalue weighted by Crippen LogP contribution is 2.27. The average Bonchev–Trinajstić information content (AvgIpc) is 2.83. The maximum absolute atomic E-state index is 12.0. The van der Waals surface area contributed by atoms with Gasteiger partial charge in [0, 0.05) is 6.04 Å². The van der Waals surface area contributed by atoms with Crippen LogP contribution in [0.2, 0.25) is 0 Å². The summed E-state index contributed by atoms with van der Waals surface area (Å²) in [5, 5.41) is 6.49. The van der Waals surface area contributed by atoms with Gasteiger partial charge < -0.3 is 10.6 Å². The Labute approximate surface area is 98.4 Å². The summed E-state index contributed by atoms with van der Waals surface area (Å²) in [6.45, 7) is 3.16. The number of rotatable bonds is 3. The van der Waals surface area contributed by atoms with Crippen molar-refractivity contribution in [3.63, 3.8) is 0 Å². The minimum Gasteiger partial charge on any atom is -0.352 e. The first kappa shape index (κ1) is 11.9. The van der Waals surface area contributed by atoms with E-state index >= 15 is 0 Å². The minimum absolute atomic E-state index is 0.0672. The molecule has 2 N–H and O–H groups in total. The van der Waals surface area contributed by atoms with E-state index in [2.05, 4.69) is 17.6 Å². The zero-order valence-corrected chi connectivity index (χ0v) is 10.3. The largest absolute Gasteiger partial charge is 0.352 e. The average molecular weight is 224 g/mol. The topological polar surface area (TPSA) is 41.1 Å². The number of hydrogen-bond acceptors (Lipinski definition) is 2. The molecule has 1 amide bonds. The van der Waals surface area contributed by atoms with Gasteiger partial charge in [0.2, 0.25) is 5.91 Å². The number of amides is 1. The summed E-state index contributed by atoms with van der Waals surface area (Å²) in [6, 6.07) is 0.427. The highest BCUT2D eigenvalue weighted by atomic mass is 16.2. The molecule has 2 atom stereocenters. The smallest absolute Gasteiger partial charge is 0.237 e. The van der Waals surface area contributed by atoms with E-state index in [9.17, 15) is 4.79 Å². The van der Waals surface area contributed by atoms with Crippen LogP contribution in [0.5, 0.6) is 0 Å². The van der Waals surface area contributed by atoms with Crippen LogP contribution in [0, 0.1) is 5.92 Å². The van der Waals surface area contributed by atoms with Gasteiger partial charge in [0.25, 0.3) is 0 Å².